The van der Waals surface area contributed by atoms with Gasteiger partial charge in [0.1, 0.15) is 12.0 Å². The Kier molecular flexibility index (Phi) is 6.94. The minimum Gasteiger partial charge on any atom is -0.497 e. The molecule has 0 radical (unpaired) electrons. The molecule has 34 heavy (non-hydrogen) atoms. The smallest absolute Gasteiger partial charge is 0.471 e. The van der Waals surface area contributed by atoms with Crippen molar-refractivity contribution in [3.8, 4) is 5.75 Å². The summed E-state index contributed by atoms with van der Waals surface area (Å²) in [5.74, 6) is -1.80. The third-order valence-electron chi connectivity index (χ3n) is 7.66. The first-order chi connectivity index (χ1) is 16.1. The lowest BCUT2D eigenvalue weighted by atomic mass is 9.75. The third kappa shape index (κ3) is 4.81. The van der Waals surface area contributed by atoms with E-state index < -0.39 is 35.5 Å². The summed E-state index contributed by atoms with van der Waals surface area (Å²) < 4.78 is 56.3. The summed E-state index contributed by atoms with van der Waals surface area (Å²) in [6.45, 7) is 1.25. The standard InChI is InChI=1S/C24H31F3N2O5/c1-28(21(31)24(25,26)27)19-14-22(7-9-23(10-8-22)33-11-12-34-23)29(15-19)18(16-30)13-17-3-5-20(32-2)6-4-17/h3-6,16,18-19H,7-15H2,1-2H3/t18-,19-/m0/s1. The molecule has 10 heteroatoms. The summed E-state index contributed by atoms with van der Waals surface area (Å²) in [6, 6.07) is 6.21. The predicted octanol–water partition coefficient (Wildman–Crippen LogP) is 2.96. The van der Waals surface area contributed by atoms with Crippen LogP contribution >= 0.6 is 0 Å². The summed E-state index contributed by atoms with van der Waals surface area (Å²) >= 11 is 0. The van der Waals surface area contributed by atoms with Crippen LogP contribution in [0.15, 0.2) is 24.3 Å². The van der Waals surface area contributed by atoms with E-state index in [4.69, 9.17) is 14.2 Å². The van der Waals surface area contributed by atoms with Crippen molar-refractivity contribution in [2.75, 3.05) is 33.9 Å². The molecule has 1 aromatic carbocycles. The Labute approximate surface area is 197 Å². The number of likely N-dealkylation sites (tertiary alicyclic amines) is 1. The summed E-state index contributed by atoms with van der Waals surface area (Å²) in [6.07, 6.45) is -0.861. The van der Waals surface area contributed by atoms with Crippen molar-refractivity contribution in [2.24, 2.45) is 0 Å². The van der Waals surface area contributed by atoms with Crippen molar-refractivity contribution in [3.05, 3.63) is 29.8 Å². The molecular formula is C24H31F3N2O5. The molecule has 188 valence electrons. The fourth-order valence-electron chi connectivity index (χ4n) is 5.76. The molecule has 2 heterocycles. The lowest BCUT2D eigenvalue weighted by Crippen LogP contribution is -2.55. The molecule has 0 aromatic heterocycles. The molecule has 2 spiro atoms. The first-order valence-electron chi connectivity index (χ1n) is 11.6. The number of rotatable bonds is 6. The van der Waals surface area contributed by atoms with E-state index in [-0.39, 0.29) is 6.54 Å². The lowest BCUT2D eigenvalue weighted by Gasteiger charge is -2.48. The van der Waals surface area contributed by atoms with Gasteiger partial charge < -0.3 is 23.9 Å². The van der Waals surface area contributed by atoms with Gasteiger partial charge in [-0.1, -0.05) is 12.1 Å². The van der Waals surface area contributed by atoms with Crippen LogP contribution in [0.4, 0.5) is 13.2 Å². The average molecular weight is 485 g/mol. The number of amides is 1. The van der Waals surface area contributed by atoms with Crippen LogP contribution in [-0.2, 0) is 25.5 Å². The Morgan fingerprint density at radius 1 is 1.21 bits per heavy atom. The molecule has 1 saturated carbocycles. The molecule has 0 unspecified atom stereocenters. The number of carbonyl (C=O) groups is 2. The van der Waals surface area contributed by atoms with Gasteiger partial charge in [-0.3, -0.25) is 9.69 Å². The van der Waals surface area contributed by atoms with E-state index in [9.17, 15) is 22.8 Å². The number of ether oxygens (including phenoxy) is 3. The largest absolute Gasteiger partial charge is 0.497 e. The van der Waals surface area contributed by atoms with Crippen molar-refractivity contribution in [2.45, 2.75) is 68.1 Å². The van der Waals surface area contributed by atoms with E-state index in [0.717, 1.165) is 16.7 Å². The highest BCUT2D eigenvalue weighted by Crippen LogP contribution is 2.49. The number of aldehydes is 1. The van der Waals surface area contributed by atoms with Crippen LogP contribution < -0.4 is 4.74 Å². The van der Waals surface area contributed by atoms with E-state index in [1.807, 2.05) is 29.2 Å². The third-order valence-corrected chi connectivity index (χ3v) is 7.66. The van der Waals surface area contributed by atoms with Gasteiger partial charge in [0.15, 0.2) is 5.79 Å². The number of likely N-dealkylation sites (N-methyl/N-ethyl adjacent to an activating group) is 1. The van der Waals surface area contributed by atoms with E-state index in [1.165, 1.54) is 7.05 Å². The Morgan fingerprint density at radius 3 is 2.35 bits per heavy atom. The van der Waals surface area contributed by atoms with Gasteiger partial charge in [0.05, 0.1) is 26.4 Å². The van der Waals surface area contributed by atoms with E-state index >= 15 is 0 Å². The van der Waals surface area contributed by atoms with Gasteiger partial charge in [-0.15, -0.1) is 0 Å². The van der Waals surface area contributed by atoms with Crippen LogP contribution in [0.1, 0.15) is 37.7 Å². The second kappa shape index (κ2) is 9.47. The van der Waals surface area contributed by atoms with E-state index in [0.29, 0.717) is 57.5 Å². The van der Waals surface area contributed by atoms with Gasteiger partial charge in [0, 0.05) is 38.0 Å². The van der Waals surface area contributed by atoms with Crippen molar-refractivity contribution >= 4 is 12.2 Å². The molecule has 1 aliphatic carbocycles. The minimum atomic E-state index is -4.94. The second-order valence-electron chi connectivity index (χ2n) is 9.51. The zero-order valence-corrected chi connectivity index (χ0v) is 19.5. The number of alkyl halides is 3. The number of carbonyl (C=O) groups excluding carboxylic acids is 2. The maximum atomic E-state index is 13.2. The van der Waals surface area contributed by atoms with E-state index in [1.54, 1.807) is 7.11 Å². The molecule has 0 N–H and O–H groups in total. The fraction of sp³-hybridized carbons (Fsp3) is 0.667. The SMILES string of the molecule is COc1ccc(C[C@@H](C=O)N2C[C@@H](N(C)C(=O)C(F)(F)F)CC23CCC2(CC3)OCCO2)cc1. The number of benzene rings is 1. The highest BCUT2D eigenvalue weighted by Gasteiger charge is 2.56. The molecular weight excluding hydrogens is 453 g/mol. The highest BCUT2D eigenvalue weighted by atomic mass is 19.4. The predicted molar refractivity (Wildman–Crippen MR) is 116 cm³/mol. The first-order valence-corrected chi connectivity index (χ1v) is 11.6. The molecule has 2 aliphatic heterocycles. The Bertz CT molecular complexity index is 876. The van der Waals surface area contributed by atoms with Gasteiger partial charge in [-0.2, -0.15) is 13.2 Å². The summed E-state index contributed by atoms with van der Waals surface area (Å²) in [5, 5.41) is 0. The molecule has 3 aliphatic rings. The second-order valence-corrected chi connectivity index (χ2v) is 9.51. The maximum Gasteiger partial charge on any atom is 0.471 e. The molecule has 7 nitrogen and oxygen atoms in total. The molecule has 4 rings (SSSR count). The Hall–Kier alpha value is -2.17. The number of halogens is 3. The number of hydrogen-bond donors (Lipinski definition) is 0. The quantitative estimate of drug-likeness (QED) is 0.579. The average Bonchev–Trinajstić information content (AvgIpc) is 3.44. The van der Waals surface area contributed by atoms with Gasteiger partial charge >= 0.3 is 12.1 Å². The Morgan fingerprint density at radius 2 is 1.82 bits per heavy atom. The molecule has 1 amide bonds. The van der Waals surface area contributed by atoms with Crippen LogP contribution in [0, 0.1) is 0 Å². The maximum absolute atomic E-state index is 13.2. The van der Waals surface area contributed by atoms with Gasteiger partial charge in [0.2, 0.25) is 0 Å². The molecule has 3 fully saturated rings. The van der Waals surface area contributed by atoms with Crippen LogP contribution in [0.2, 0.25) is 0 Å². The van der Waals surface area contributed by atoms with Gasteiger partial charge in [0.25, 0.3) is 0 Å². The lowest BCUT2D eigenvalue weighted by molar-refractivity contribution is -0.193. The number of hydrogen-bond acceptors (Lipinski definition) is 6. The summed E-state index contributed by atoms with van der Waals surface area (Å²) in [7, 11) is 2.77. The monoisotopic (exact) mass is 484 g/mol. The molecule has 1 aromatic rings. The van der Waals surface area contributed by atoms with Crippen LogP contribution in [0.3, 0.4) is 0 Å². The van der Waals surface area contributed by atoms with Gasteiger partial charge in [-0.05, 0) is 43.4 Å². The fourth-order valence-corrected chi connectivity index (χ4v) is 5.76. The molecule has 2 atom stereocenters. The summed E-state index contributed by atoms with van der Waals surface area (Å²) in [4.78, 5) is 27.1. The van der Waals surface area contributed by atoms with Crippen molar-refractivity contribution in [1.29, 1.82) is 0 Å². The number of nitrogens with zero attached hydrogens (tertiary/aromatic N) is 2. The molecule has 0 bridgehead atoms. The zero-order valence-electron chi connectivity index (χ0n) is 19.5. The normalized spacial score (nSPS) is 24.9. The van der Waals surface area contributed by atoms with Crippen molar-refractivity contribution in [3.63, 3.8) is 0 Å². The molecule has 2 saturated heterocycles. The van der Waals surface area contributed by atoms with Crippen molar-refractivity contribution in [1.82, 2.24) is 9.80 Å². The van der Waals surface area contributed by atoms with Crippen LogP contribution in [0.25, 0.3) is 0 Å². The van der Waals surface area contributed by atoms with E-state index in [2.05, 4.69) is 0 Å². The van der Waals surface area contributed by atoms with Crippen LogP contribution in [-0.4, -0.2) is 85.5 Å². The Balaban J connectivity index is 1.58. The van der Waals surface area contributed by atoms with Crippen LogP contribution in [0.5, 0.6) is 5.75 Å². The first kappa shape index (κ1) is 24.9. The summed E-state index contributed by atoms with van der Waals surface area (Å²) in [5.41, 5.74) is 0.412. The highest BCUT2D eigenvalue weighted by molar-refractivity contribution is 5.82. The zero-order chi connectivity index (χ0) is 24.6. The topological polar surface area (TPSA) is 68.3 Å². The number of methoxy groups -OCH3 is 1. The van der Waals surface area contributed by atoms with Gasteiger partial charge in [-0.25, -0.2) is 0 Å². The van der Waals surface area contributed by atoms with Crippen molar-refractivity contribution < 1.29 is 37.0 Å². The minimum absolute atomic E-state index is 0.201.